The van der Waals surface area contributed by atoms with Gasteiger partial charge in [0.15, 0.2) is 0 Å². The summed E-state index contributed by atoms with van der Waals surface area (Å²) in [5.41, 5.74) is 7.16. The number of nitrogens with zero attached hydrogens (tertiary/aromatic N) is 1. The van der Waals surface area contributed by atoms with Gasteiger partial charge >= 0.3 is 0 Å². The number of nitrogens with one attached hydrogen (secondary N) is 1. The quantitative estimate of drug-likeness (QED) is 0.733. The molecule has 4 heteroatoms. The number of rotatable bonds is 7. The summed E-state index contributed by atoms with van der Waals surface area (Å²) in [6.45, 7) is 7.97. The molecule has 0 aromatic heterocycles. The molecule has 0 atom stereocenters. The fraction of sp³-hybridized carbons (Fsp3) is 0.533. The molecular formula is C15H25N3O. The van der Waals surface area contributed by atoms with Crippen LogP contribution in [0, 0.1) is 0 Å². The fourth-order valence-corrected chi connectivity index (χ4v) is 1.97. The van der Waals surface area contributed by atoms with E-state index in [-0.39, 0.29) is 5.91 Å². The lowest BCUT2D eigenvalue weighted by atomic mass is 10.2. The van der Waals surface area contributed by atoms with Gasteiger partial charge < -0.3 is 16.0 Å². The Hall–Kier alpha value is -1.55. The average Bonchev–Trinajstić information content (AvgIpc) is 2.62. The summed E-state index contributed by atoms with van der Waals surface area (Å²) in [5, 5.41) is 2.95. The van der Waals surface area contributed by atoms with Crippen LogP contribution in [0.4, 0.5) is 0 Å². The monoisotopic (exact) mass is 263 g/mol. The molecule has 106 valence electrons. The van der Waals surface area contributed by atoms with Crippen LogP contribution in [0.5, 0.6) is 0 Å². The molecular weight excluding hydrogens is 238 g/mol. The highest BCUT2D eigenvalue weighted by Gasteiger charge is 2.07. The Morgan fingerprint density at radius 1 is 1.37 bits per heavy atom. The van der Waals surface area contributed by atoms with Gasteiger partial charge in [0.2, 0.25) is 0 Å². The lowest BCUT2D eigenvalue weighted by molar-refractivity contribution is -0.117. The van der Waals surface area contributed by atoms with Crippen molar-refractivity contribution in [3.05, 3.63) is 35.6 Å². The maximum atomic E-state index is 12.0. The highest BCUT2D eigenvalue weighted by atomic mass is 16.1. The Morgan fingerprint density at radius 2 is 2.16 bits per heavy atom. The van der Waals surface area contributed by atoms with Gasteiger partial charge in [-0.1, -0.05) is 26.0 Å². The van der Waals surface area contributed by atoms with E-state index in [4.69, 9.17) is 5.73 Å². The van der Waals surface area contributed by atoms with Crippen LogP contribution in [0.3, 0.4) is 0 Å². The van der Waals surface area contributed by atoms with Crippen molar-refractivity contribution >= 4 is 5.91 Å². The lowest BCUT2D eigenvalue weighted by Gasteiger charge is -2.19. The second-order valence-electron chi connectivity index (χ2n) is 4.66. The molecule has 1 rings (SSSR count). The molecule has 0 saturated heterocycles. The molecule has 0 aromatic carbocycles. The SMILES string of the molecule is CCCN(CC)CCNC(=O)C1=CC=C(N)CC=C1. The van der Waals surface area contributed by atoms with Crippen LogP contribution < -0.4 is 11.1 Å². The second-order valence-corrected chi connectivity index (χ2v) is 4.66. The number of nitrogens with two attached hydrogens (primary N) is 1. The fourth-order valence-electron chi connectivity index (χ4n) is 1.97. The average molecular weight is 263 g/mol. The largest absolute Gasteiger partial charge is 0.402 e. The van der Waals surface area contributed by atoms with Gasteiger partial charge in [-0.05, 0) is 31.7 Å². The minimum Gasteiger partial charge on any atom is -0.402 e. The topological polar surface area (TPSA) is 58.4 Å². The Bertz CT molecular complexity index is 383. The van der Waals surface area contributed by atoms with Crippen molar-refractivity contribution in [3.8, 4) is 0 Å². The van der Waals surface area contributed by atoms with Crippen molar-refractivity contribution in [2.24, 2.45) is 5.73 Å². The summed E-state index contributed by atoms with van der Waals surface area (Å²) in [6.07, 6.45) is 9.16. The van der Waals surface area contributed by atoms with Crippen LogP contribution in [0.25, 0.3) is 0 Å². The van der Waals surface area contributed by atoms with E-state index in [1.807, 2.05) is 12.2 Å². The number of carbonyl (C=O) groups is 1. The molecule has 19 heavy (non-hydrogen) atoms. The van der Waals surface area contributed by atoms with Gasteiger partial charge in [0.25, 0.3) is 5.91 Å². The van der Waals surface area contributed by atoms with Crippen molar-refractivity contribution in [2.75, 3.05) is 26.2 Å². The molecule has 0 saturated carbocycles. The zero-order valence-corrected chi connectivity index (χ0v) is 12.0. The molecule has 0 spiro atoms. The Kier molecular flexibility index (Phi) is 6.97. The third-order valence-corrected chi connectivity index (χ3v) is 3.09. The van der Waals surface area contributed by atoms with Crippen LogP contribution in [-0.4, -0.2) is 37.0 Å². The molecule has 0 unspecified atom stereocenters. The van der Waals surface area contributed by atoms with Gasteiger partial charge in [0.05, 0.1) is 0 Å². The van der Waals surface area contributed by atoms with Gasteiger partial charge in [0.1, 0.15) is 0 Å². The van der Waals surface area contributed by atoms with E-state index >= 15 is 0 Å². The number of carbonyl (C=O) groups excluding carboxylic acids is 1. The van der Waals surface area contributed by atoms with Crippen molar-refractivity contribution in [1.82, 2.24) is 10.2 Å². The van der Waals surface area contributed by atoms with E-state index in [2.05, 4.69) is 24.1 Å². The highest BCUT2D eigenvalue weighted by Crippen LogP contribution is 2.07. The smallest absolute Gasteiger partial charge is 0.251 e. The first kappa shape index (κ1) is 15.5. The summed E-state index contributed by atoms with van der Waals surface area (Å²) in [7, 11) is 0. The zero-order chi connectivity index (χ0) is 14.1. The van der Waals surface area contributed by atoms with E-state index in [0.717, 1.165) is 31.8 Å². The zero-order valence-electron chi connectivity index (χ0n) is 12.0. The lowest BCUT2D eigenvalue weighted by Crippen LogP contribution is -2.35. The van der Waals surface area contributed by atoms with Crippen molar-refractivity contribution in [3.63, 3.8) is 0 Å². The summed E-state index contributed by atoms with van der Waals surface area (Å²) in [5.74, 6) is -0.0326. The standard InChI is InChI=1S/C15H25N3O/c1-3-11-18(4-2)12-10-17-15(19)13-6-5-7-14(16)9-8-13/h5-6,8-9H,3-4,7,10-12,16H2,1-2H3,(H,17,19). The minimum atomic E-state index is -0.0326. The van der Waals surface area contributed by atoms with Crippen molar-refractivity contribution in [1.29, 1.82) is 0 Å². The van der Waals surface area contributed by atoms with Crippen LogP contribution in [0.2, 0.25) is 0 Å². The highest BCUT2D eigenvalue weighted by molar-refractivity contribution is 5.96. The molecule has 0 aliphatic heterocycles. The van der Waals surface area contributed by atoms with Gasteiger partial charge in [0, 0.05) is 30.8 Å². The Morgan fingerprint density at radius 3 is 2.84 bits per heavy atom. The third-order valence-electron chi connectivity index (χ3n) is 3.09. The van der Waals surface area contributed by atoms with E-state index in [1.54, 1.807) is 12.2 Å². The molecule has 1 aliphatic rings. The first-order valence-corrected chi connectivity index (χ1v) is 7.00. The third kappa shape index (κ3) is 5.75. The maximum Gasteiger partial charge on any atom is 0.251 e. The normalized spacial score (nSPS) is 14.9. The van der Waals surface area contributed by atoms with E-state index < -0.39 is 0 Å². The Labute approximate surface area is 116 Å². The molecule has 0 heterocycles. The van der Waals surface area contributed by atoms with E-state index in [1.165, 1.54) is 0 Å². The van der Waals surface area contributed by atoms with Crippen LogP contribution in [0.15, 0.2) is 35.6 Å². The van der Waals surface area contributed by atoms with E-state index in [0.29, 0.717) is 18.5 Å². The van der Waals surface area contributed by atoms with Crippen LogP contribution >= 0.6 is 0 Å². The minimum absolute atomic E-state index is 0.0326. The van der Waals surface area contributed by atoms with Gasteiger partial charge in [-0.3, -0.25) is 4.79 Å². The van der Waals surface area contributed by atoms with Crippen molar-refractivity contribution < 1.29 is 4.79 Å². The predicted molar refractivity (Wildman–Crippen MR) is 79.5 cm³/mol. The molecule has 3 N–H and O–H groups in total. The molecule has 0 radical (unpaired) electrons. The van der Waals surface area contributed by atoms with Crippen LogP contribution in [-0.2, 0) is 4.79 Å². The summed E-state index contributed by atoms with van der Waals surface area (Å²) in [6, 6.07) is 0. The predicted octanol–water partition coefficient (Wildman–Crippen LogP) is 1.56. The summed E-state index contributed by atoms with van der Waals surface area (Å²) >= 11 is 0. The first-order chi connectivity index (χ1) is 9.17. The summed E-state index contributed by atoms with van der Waals surface area (Å²) in [4.78, 5) is 14.3. The molecule has 0 fully saturated rings. The number of amides is 1. The van der Waals surface area contributed by atoms with Gasteiger partial charge in [-0.25, -0.2) is 0 Å². The first-order valence-electron chi connectivity index (χ1n) is 7.00. The number of hydrogen-bond acceptors (Lipinski definition) is 3. The molecule has 4 nitrogen and oxygen atoms in total. The van der Waals surface area contributed by atoms with Crippen LogP contribution in [0.1, 0.15) is 26.7 Å². The van der Waals surface area contributed by atoms with E-state index in [9.17, 15) is 4.79 Å². The second kappa shape index (κ2) is 8.53. The molecule has 1 aliphatic carbocycles. The maximum absolute atomic E-state index is 12.0. The molecule has 0 bridgehead atoms. The van der Waals surface area contributed by atoms with Crippen molar-refractivity contribution in [2.45, 2.75) is 26.7 Å². The number of allylic oxidation sites excluding steroid dienone is 3. The van der Waals surface area contributed by atoms with Gasteiger partial charge in [-0.2, -0.15) is 0 Å². The molecule has 0 aromatic rings. The number of hydrogen-bond donors (Lipinski definition) is 2. The molecule has 1 amide bonds. The Balaban J connectivity index is 2.39. The van der Waals surface area contributed by atoms with Gasteiger partial charge in [-0.15, -0.1) is 0 Å². The number of likely N-dealkylation sites (N-methyl/N-ethyl adjacent to an activating group) is 1. The summed E-state index contributed by atoms with van der Waals surface area (Å²) < 4.78 is 0.